The second-order valence-electron chi connectivity index (χ2n) is 6.87. The van der Waals surface area contributed by atoms with Gasteiger partial charge in [0.25, 0.3) is 5.56 Å². The highest BCUT2D eigenvalue weighted by molar-refractivity contribution is 5.90. The summed E-state index contributed by atoms with van der Waals surface area (Å²) in [5.41, 5.74) is 0.609. The maximum atomic E-state index is 12.7. The average molecular weight is 410 g/mol. The van der Waals surface area contributed by atoms with Crippen LogP contribution in [0.25, 0.3) is 10.9 Å². The van der Waals surface area contributed by atoms with Gasteiger partial charge in [-0.2, -0.15) is 0 Å². The van der Waals surface area contributed by atoms with E-state index in [4.69, 9.17) is 14.2 Å². The Kier molecular flexibility index (Phi) is 7.06. The molecule has 3 aromatic rings. The summed E-state index contributed by atoms with van der Waals surface area (Å²) in [6.07, 6.45) is 0.969. The van der Waals surface area contributed by atoms with Crippen LogP contribution in [0.15, 0.2) is 47.3 Å². The van der Waals surface area contributed by atoms with Crippen LogP contribution in [0.1, 0.15) is 55.9 Å². The number of esters is 1. The number of fused-ring (bicyclic) bond motifs is 1. The zero-order valence-corrected chi connectivity index (χ0v) is 17.4. The van der Waals surface area contributed by atoms with E-state index in [0.717, 1.165) is 12.8 Å². The first kappa shape index (κ1) is 21.4. The maximum absolute atomic E-state index is 12.7. The first-order valence-corrected chi connectivity index (χ1v) is 10.1. The predicted octanol–water partition coefficient (Wildman–Crippen LogP) is 4.42. The van der Waals surface area contributed by atoms with Crippen molar-refractivity contribution in [1.29, 1.82) is 0 Å². The highest BCUT2D eigenvalue weighted by Crippen LogP contribution is 2.30. The zero-order chi connectivity index (χ0) is 21.5. The summed E-state index contributed by atoms with van der Waals surface area (Å²) in [5, 5.41) is 0.486. The van der Waals surface area contributed by atoms with E-state index in [-0.39, 0.29) is 11.4 Å². The third-order valence-electron chi connectivity index (χ3n) is 4.40. The molecule has 0 aliphatic carbocycles. The lowest BCUT2D eigenvalue weighted by Crippen LogP contribution is -2.17. The molecule has 2 aromatic carbocycles. The van der Waals surface area contributed by atoms with Gasteiger partial charge in [0, 0.05) is 0 Å². The van der Waals surface area contributed by atoms with E-state index in [9.17, 15) is 9.59 Å². The Morgan fingerprint density at radius 1 is 1.03 bits per heavy atom. The van der Waals surface area contributed by atoms with E-state index in [1.54, 1.807) is 49.4 Å². The summed E-state index contributed by atoms with van der Waals surface area (Å²) >= 11 is 0. The van der Waals surface area contributed by atoms with Crippen molar-refractivity contribution in [2.75, 3.05) is 13.2 Å². The number of aromatic amines is 1. The van der Waals surface area contributed by atoms with Crippen molar-refractivity contribution in [2.45, 2.75) is 39.7 Å². The van der Waals surface area contributed by atoms with Crippen molar-refractivity contribution >= 4 is 16.9 Å². The molecule has 0 unspecified atom stereocenters. The summed E-state index contributed by atoms with van der Waals surface area (Å²) in [6, 6.07) is 12.0. The minimum atomic E-state index is -0.731. The summed E-state index contributed by atoms with van der Waals surface area (Å²) in [5.74, 6) is 0.846. The third kappa shape index (κ3) is 4.97. The molecule has 1 aromatic heterocycles. The molecule has 0 aliphatic rings. The number of hydrogen-bond donors (Lipinski definition) is 1. The van der Waals surface area contributed by atoms with Crippen molar-refractivity contribution in [2.24, 2.45) is 0 Å². The van der Waals surface area contributed by atoms with Crippen LogP contribution in [0.3, 0.4) is 0 Å². The van der Waals surface area contributed by atoms with Crippen molar-refractivity contribution in [3.63, 3.8) is 0 Å². The summed E-state index contributed by atoms with van der Waals surface area (Å²) in [4.78, 5) is 32.1. The molecule has 0 saturated carbocycles. The fourth-order valence-corrected chi connectivity index (χ4v) is 2.87. The number of carbonyl (C=O) groups excluding carboxylic acids is 1. The van der Waals surface area contributed by atoms with Gasteiger partial charge < -0.3 is 19.2 Å². The normalized spacial score (nSPS) is 11.8. The van der Waals surface area contributed by atoms with Gasteiger partial charge in [-0.15, -0.1) is 0 Å². The standard InChI is InChI=1S/C23H26N2O5/c1-4-12-28-19-11-10-16(14-20(19)29-13-5-2)23(27)30-15(3)21-24-18-9-7-6-8-17(18)22(26)25-21/h6-11,14-15H,4-5,12-13H2,1-3H3,(H,24,25,26)/t15-/m1/s1. The number of hydrogen-bond acceptors (Lipinski definition) is 6. The number of ether oxygens (including phenoxy) is 3. The number of aromatic nitrogens is 2. The minimum Gasteiger partial charge on any atom is -0.490 e. The molecule has 0 spiro atoms. The number of H-pyrrole nitrogens is 1. The monoisotopic (exact) mass is 410 g/mol. The highest BCUT2D eigenvalue weighted by atomic mass is 16.5. The van der Waals surface area contributed by atoms with Crippen LogP contribution >= 0.6 is 0 Å². The van der Waals surface area contributed by atoms with Gasteiger partial charge in [-0.1, -0.05) is 26.0 Å². The predicted molar refractivity (Wildman–Crippen MR) is 114 cm³/mol. The highest BCUT2D eigenvalue weighted by Gasteiger charge is 2.19. The van der Waals surface area contributed by atoms with Crippen LogP contribution in [0.2, 0.25) is 0 Å². The molecule has 158 valence electrons. The largest absolute Gasteiger partial charge is 0.490 e. The Labute approximate surface area is 175 Å². The molecular weight excluding hydrogens is 384 g/mol. The Balaban J connectivity index is 1.80. The van der Waals surface area contributed by atoms with E-state index in [1.165, 1.54) is 0 Å². The molecule has 0 fully saturated rings. The molecular formula is C23H26N2O5. The molecule has 0 bridgehead atoms. The molecule has 0 aliphatic heterocycles. The van der Waals surface area contributed by atoms with Crippen LogP contribution in [0.4, 0.5) is 0 Å². The van der Waals surface area contributed by atoms with Crippen LogP contribution in [-0.2, 0) is 4.74 Å². The molecule has 0 saturated heterocycles. The Morgan fingerprint density at radius 2 is 1.73 bits per heavy atom. The van der Waals surface area contributed by atoms with E-state index >= 15 is 0 Å². The van der Waals surface area contributed by atoms with Crippen LogP contribution in [-0.4, -0.2) is 29.2 Å². The maximum Gasteiger partial charge on any atom is 0.338 e. The van der Waals surface area contributed by atoms with Crippen molar-refractivity contribution in [3.05, 3.63) is 64.2 Å². The number of para-hydroxylation sites is 1. The van der Waals surface area contributed by atoms with Gasteiger partial charge in [-0.25, -0.2) is 9.78 Å². The molecule has 0 amide bonds. The van der Waals surface area contributed by atoms with Gasteiger partial charge in [0.2, 0.25) is 0 Å². The van der Waals surface area contributed by atoms with Crippen molar-refractivity contribution in [3.8, 4) is 11.5 Å². The van der Waals surface area contributed by atoms with Crippen molar-refractivity contribution < 1.29 is 19.0 Å². The fraction of sp³-hybridized carbons (Fsp3) is 0.348. The number of carbonyl (C=O) groups is 1. The van der Waals surface area contributed by atoms with Crippen LogP contribution in [0.5, 0.6) is 11.5 Å². The summed E-state index contributed by atoms with van der Waals surface area (Å²) in [7, 11) is 0. The first-order valence-electron chi connectivity index (χ1n) is 10.1. The molecule has 1 N–H and O–H groups in total. The molecule has 0 radical (unpaired) electrons. The van der Waals surface area contributed by atoms with Gasteiger partial charge in [0.15, 0.2) is 23.4 Å². The van der Waals surface area contributed by atoms with E-state index in [0.29, 0.717) is 41.2 Å². The molecule has 30 heavy (non-hydrogen) atoms. The lowest BCUT2D eigenvalue weighted by atomic mass is 10.2. The SMILES string of the molecule is CCCOc1ccc(C(=O)O[C@H](C)c2nc3ccccc3c(=O)[nH]2)cc1OCCC. The number of nitrogens with one attached hydrogen (secondary N) is 1. The Bertz CT molecular complexity index is 1080. The number of rotatable bonds is 9. The Hall–Kier alpha value is -3.35. The zero-order valence-electron chi connectivity index (χ0n) is 17.4. The number of benzene rings is 2. The average Bonchev–Trinajstić information content (AvgIpc) is 2.76. The van der Waals surface area contributed by atoms with Gasteiger partial charge >= 0.3 is 5.97 Å². The van der Waals surface area contributed by atoms with E-state index in [2.05, 4.69) is 9.97 Å². The minimum absolute atomic E-state index is 0.272. The van der Waals surface area contributed by atoms with Crippen LogP contribution < -0.4 is 15.0 Å². The first-order chi connectivity index (χ1) is 14.5. The van der Waals surface area contributed by atoms with Gasteiger partial charge in [-0.05, 0) is 50.1 Å². The molecule has 7 heteroatoms. The van der Waals surface area contributed by atoms with Gasteiger partial charge in [-0.3, -0.25) is 4.79 Å². The molecule has 3 rings (SSSR count). The van der Waals surface area contributed by atoms with Gasteiger partial charge in [0.05, 0.1) is 29.7 Å². The van der Waals surface area contributed by atoms with E-state index in [1.807, 2.05) is 13.8 Å². The molecule has 1 heterocycles. The quantitative estimate of drug-likeness (QED) is 0.525. The Morgan fingerprint density at radius 3 is 2.47 bits per heavy atom. The van der Waals surface area contributed by atoms with E-state index < -0.39 is 12.1 Å². The third-order valence-corrected chi connectivity index (χ3v) is 4.40. The van der Waals surface area contributed by atoms with Gasteiger partial charge in [0.1, 0.15) is 0 Å². The van der Waals surface area contributed by atoms with Crippen LogP contribution in [0, 0.1) is 0 Å². The summed E-state index contributed by atoms with van der Waals surface area (Å²) < 4.78 is 17.0. The number of nitrogens with zero attached hydrogens (tertiary/aromatic N) is 1. The van der Waals surface area contributed by atoms with Crippen molar-refractivity contribution in [1.82, 2.24) is 9.97 Å². The smallest absolute Gasteiger partial charge is 0.338 e. The molecule has 7 nitrogen and oxygen atoms in total. The molecule has 1 atom stereocenters. The second kappa shape index (κ2) is 9.91. The lowest BCUT2D eigenvalue weighted by molar-refractivity contribution is 0.0319. The topological polar surface area (TPSA) is 90.5 Å². The summed E-state index contributed by atoms with van der Waals surface area (Å²) in [6.45, 7) is 6.76. The second-order valence-corrected chi connectivity index (χ2v) is 6.87. The fourth-order valence-electron chi connectivity index (χ4n) is 2.87. The lowest BCUT2D eigenvalue weighted by Gasteiger charge is -2.15.